The molecular formula is C25H31N7O8. The summed E-state index contributed by atoms with van der Waals surface area (Å²) >= 11 is 0. The molecule has 0 saturated carbocycles. The number of nitrogens with zero attached hydrogens (tertiary/aromatic N) is 1. The van der Waals surface area contributed by atoms with Gasteiger partial charge in [-0.25, -0.2) is 0 Å². The van der Waals surface area contributed by atoms with Crippen LogP contribution in [0.15, 0.2) is 47.5 Å². The standard InChI is InChI=1S/C25H31N7O8/c33-14-6-12(5-13(7-14)30-25-28-8-15(34)9-29-25)22(37)27-11-19(35)26-10-18(24(39)40)32-23(38)20-21(36)16-3-1-2-4-17(16)31-20/h1-7,15,18,20,22-23,27,31-34,37-38H,8-11H2,(H,26,35)(H,39,40)(H2,28,29,30). The number of aromatic hydroxyl groups is 1. The van der Waals surface area contributed by atoms with Gasteiger partial charge in [0.1, 0.15) is 30.3 Å². The third-order valence-corrected chi connectivity index (χ3v) is 6.21. The van der Waals surface area contributed by atoms with E-state index in [1.54, 1.807) is 24.3 Å². The van der Waals surface area contributed by atoms with Crippen LogP contribution in [0.5, 0.6) is 5.75 Å². The van der Waals surface area contributed by atoms with Crippen molar-refractivity contribution in [3.05, 3.63) is 53.6 Å². The molecule has 2 aliphatic heterocycles. The number of phenolic OH excluding ortho intramolecular Hbond substituents is 1. The first-order chi connectivity index (χ1) is 19.1. The minimum Gasteiger partial charge on any atom is -0.508 e. The zero-order chi connectivity index (χ0) is 28.8. The molecule has 0 fully saturated rings. The van der Waals surface area contributed by atoms with E-state index in [0.29, 0.717) is 29.4 Å². The van der Waals surface area contributed by atoms with Gasteiger partial charge >= 0.3 is 5.97 Å². The summed E-state index contributed by atoms with van der Waals surface area (Å²) in [5.74, 6) is -2.18. The van der Waals surface area contributed by atoms with E-state index in [1.165, 1.54) is 18.2 Å². The summed E-state index contributed by atoms with van der Waals surface area (Å²) in [4.78, 5) is 40.7. The summed E-state index contributed by atoms with van der Waals surface area (Å²) in [6, 6.07) is 8.36. The number of amides is 1. The lowest BCUT2D eigenvalue weighted by Gasteiger charge is -2.23. The maximum atomic E-state index is 12.5. The van der Waals surface area contributed by atoms with E-state index < -0.39 is 61.4 Å². The number of phenols is 1. The molecule has 0 bridgehead atoms. The Morgan fingerprint density at radius 3 is 2.62 bits per heavy atom. The molecule has 0 saturated heterocycles. The predicted molar refractivity (Wildman–Crippen MR) is 143 cm³/mol. The maximum absolute atomic E-state index is 12.5. The van der Waals surface area contributed by atoms with Gasteiger partial charge in [-0.05, 0) is 24.3 Å². The second-order valence-electron chi connectivity index (χ2n) is 9.28. The number of rotatable bonds is 11. The number of ketones is 1. The molecular weight excluding hydrogens is 526 g/mol. The molecule has 5 atom stereocenters. The van der Waals surface area contributed by atoms with Crippen LogP contribution >= 0.6 is 0 Å². The number of β-amino-alcohol motifs (C(OH)–C–C–N with tert-alkyl or cyclic N) is 1. The number of aliphatic carboxylic acids is 1. The second-order valence-corrected chi connectivity index (χ2v) is 9.28. The molecule has 2 aromatic rings. The van der Waals surface area contributed by atoms with E-state index in [-0.39, 0.29) is 17.9 Å². The van der Waals surface area contributed by atoms with Crippen molar-refractivity contribution in [2.75, 3.05) is 36.8 Å². The van der Waals surface area contributed by atoms with Gasteiger partial charge in [0.05, 0.1) is 19.2 Å². The van der Waals surface area contributed by atoms with Crippen molar-refractivity contribution in [3.63, 3.8) is 0 Å². The number of carboxylic acid groups (broad SMARTS) is 1. The Balaban J connectivity index is 1.26. The van der Waals surface area contributed by atoms with Crippen molar-refractivity contribution in [3.8, 4) is 5.75 Å². The predicted octanol–water partition coefficient (Wildman–Crippen LogP) is -2.14. The summed E-state index contributed by atoms with van der Waals surface area (Å²) in [6.07, 6.45) is -3.51. The first-order valence-electron chi connectivity index (χ1n) is 12.4. The molecule has 0 radical (unpaired) electrons. The van der Waals surface area contributed by atoms with Crippen LogP contribution in [-0.2, 0) is 9.59 Å². The van der Waals surface area contributed by atoms with E-state index in [0.717, 1.165) is 0 Å². The van der Waals surface area contributed by atoms with E-state index in [9.17, 15) is 39.9 Å². The molecule has 0 spiro atoms. The fraction of sp³-hybridized carbons (Fsp3) is 0.360. The van der Waals surface area contributed by atoms with Gasteiger partial charge in [0.2, 0.25) is 5.91 Å². The first kappa shape index (κ1) is 28.7. The average Bonchev–Trinajstić information content (AvgIpc) is 3.27. The fourth-order valence-corrected chi connectivity index (χ4v) is 4.17. The molecule has 1 amide bonds. The number of carbonyl (C=O) groups is 3. The third-order valence-electron chi connectivity index (χ3n) is 6.21. The molecule has 0 aliphatic carbocycles. The largest absolute Gasteiger partial charge is 0.508 e. The van der Waals surface area contributed by atoms with Crippen molar-refractivity contribution < 1.29 is 39.9 Å². The summed E-state index contributed by atoms with van der Waals surface area (Å²) in [6.45, 7) is -0.307. The van der Waals surface area contributed by atoms with Crippen molar-refractivity contribution in [2.24, 2.45) is 4.99 Å². The number of aliphatic imine (C=N–C) groups is 1. The number of hydrogen-bond donors (Lipinski definition) is 11. The van der Waals surface area contributed by atoms with Gasteiger partial charge in [0.25, 0.3) is 0 Å². The van der Waals surface area contributed by atoms with Gasteiger partial charge in [0.15, 0.2) is 11.7 Å². The molecule has 2 aliphatic rings. The number of Topliss-reactive ketones (excluding diaryl/α,β-unsaturated/α-hetero) is 1. The number of para-hydroxylation sites is 1. The van der Waals surface area contributed by atoms with Crippen LogP contribution in [0.25, 0.3) is 0 Å². The Morgan fingerprint density at radius 2 is 1.93 bits per heavy atom. The van der Waals surface area contributed by atoms with Gasteiger partial charge in [-0.1, -0.05) is 12.1 Å². The molecule has 15 heteroatoms. The van der Waals surface area contributed by atoms with Crippen LogP contribution < -0.4 is 31.9 Å². The number of guanidine groups is 1. The first-order valence-corrected chi connectivity index (χ1v) is 12.4. The summed E-state index contributed by atoms with van der Waals surface area (Å²) in [5, 5.41) is 66.1. The number of aliphatic hydroxyl groups excluding tert-OH is 3. The zero-order valence-electron chi connectivity index (χ0n) is 21.2. The minimum absolute atomic E-state index is 0.158. The van der Waals surface area contributed by atoms with Gasteiger partial charge in [-0.2, -0.15) is 0 Å². The highest BCUT2D eigenvalue weighted by Crippen LogP contribution is 2.26. The van der Waals surface area contributed by atoms with Gasteiger partial charge in [-0.3, -0.25) is 30.0 Å². The Morgan fingerprint density at radius 1 is 1.15 bits per heavy atom. The van der Waals surface area contributed by atoms with Crippen LogP contribution in [0.1, 0.15) is 22.1 Å². The van der Waals surface area contributed by atoms with Gasteiger partial charge < -0.3 is 46.8 Å². The van der Waals surface area contributed by atoms with Crippen LogP contribution in [0.2, 0.25) is 0 Å². The number of carbonyl (C=O) groups excluding carboxylic acids is 2. The van der Waals surface area contributed by atoms with E-state index >= 15 is 0 Å². The van der Waals surface area contributed by atoms with Crippen LogP contribution in [0.4, 0.5) is 11.4 Å². The maximum Gasteiger partial charge on any atom is 0.322 e. The normalized spacial score (nSPS) is 20.3. The van der Waals surface area contributed by atoms with Gasteiger partial charge in [-0.15, -0.1) is 0 Å². The second kappa shape index (κ2) is 12.7. The highest BCUT2D eigenvalue weighted by Gasteiger charge is 2.37. The highest BCUT2D eigenvalue weighted by atomic mass is 16.4. The Hall–Kier alpha value is -4.28. The lowest BCUT2D eigenvalue weighted by Crippen LogP contribution is -2.56. The lowest BCUT2D eigenvalue weighted by atomic mass is 10.1. The van der Waals surface area contributed by atoms with Crippen LogP contribution in [0.3, 0.4) is 0 Å². The van der Waals surface area contributed by atoms with Crippen molar-refractivity contribution in [1.29, 1.82) is 0 Å². The average molecular weight is 558 g/mol. The molecule has 5 unspecified atom stereocenters. The van der Waals surface area contributed by atoms with Crippen molar-refractivity contribution in [2.45, 2.75) is 30.6 Å². The fourth-order valence-electron chi connectivity index (χ4n) is 4.17. The molecule has 4 rings (SSSR count). The zero-order valence-corrected chi connectivity index (χ0v) is 21.2. The number of carboxylic acids is 1. The quantitative estimate of drug-likeness (QED) is 0.132. The summed E-state index contributed by atoms with van der Waals surface area (Å²) < 4.78 is 0. The van der Waals surface area contributed by atoms with Crippen molar-refractivity contribution >= 4 is 35.0 Å². The Labute approximate surface area is 228 Å². The SMILES string of the molecule is O=C(CNC(O)c1cc(O)cc(NC2=NCC(O)CN2)c1)NCC(NC(O)C1Nc2ccccc2C1=O)C(=O)O. The Bertz CT molecular complexity index is 1290. The van der Waals surface area contributed by atoms with E-state index in [4.69, 9.17) is 0 Å². The minimum atomic E-state index is -1.55. The monoisotopic (exact) mass is 557 g/mol. The molecule has 2 heterocycles. The van der Waals surface area contributed by atoms with E-state index in [1.807, 2.05) is 0 Å². The van der Waals surface area contributed by atoms with E-state index in [2.05, 4.69) is 36.9 Å². The number of fused-ring (bicyclic) bond motifs is 1. The molecule has 15 nitrogen and oxygen atoms in total. The topological polar surface area (TPSA) is 237 Å². The molecule has 40 heavy (non-hydrogen) atoms. The van der Waals surface area contributed by atoms with Gasteiger partial charge in [0, 0.05) is 41.7 Å². The third kappa shape index (κ3) is 7.22. The summed E-state index contributed by atoms with van der Waals surface area (Å²) in [5.41, 5.74) is 1.54. The number of benzene rings is 2. The highest BCUT2D eigenvalue weighted by molar-refractivity contribution is 6.10. The molecule has 2 aromatic carbocycles. The molecule has 11 N–H and O–H groups in total. The summed E-state index contributed by atoms with van der Waals surface area (Å²) in [7, 11) is 0. The molecule has 0 aromatic heterocycles. The molecule has 214 valence electrons. The smallest absolute Gasteiger partial charge is 0.322 e. The number of aliphatic hydroxyl groups is 3. The lowest BCUT2D eigenvalue weighted by molar-refractivity contribution is -0.140. The number of hydrogen-bond acceptors (Lipinski definition) is 13. The number of anilines is 2. The Kier molecular flexibility index (Phi) is 9.13. The van der Waals surface area contributed by atoms with Crippen LogP contribution in [-0.4, -0.2) is 99.7 Å². The van der Waals surface area contributed by atoms with Crippen LogP contribution in [0, 0.1) is 0 Å². The number of nitrogens with one attached hydrogen (secondary N) is 6. The van der Waals surface area contributed by atoms with Crippen molar-refractivity contribution in [1.82, 2.24) is 21.3 Å².